The summed E-state index contributed by atoms with van der Waals surface area (Å²) >= 11 is 3.76. The molecule has 446 valence electrons. The lowest BCUT2D eigenvalue weighted by atomic mass is 9.84. The molecule has 9 rings (SSSR count). The maximum absolute atomic E-state index is 14.4. The molecule has 1 aromatic heterocycles. The van der Waals surface area contributed by atoms with Gasteiger partial charge in [0, 0.05) is 63.0 Å². The first kappa shape index (κ1) is 63.2. The average molecular weight is 1210 g/mol. The van der Waals surface area contributed by atoms with Crippen LogP contribution in [0.3, 0.4) is 0 Å². The standard InChI is InChI=1S/C71H76FN5O6S3/c1-69(2,3)83-68(78)76(48-53-85-71(60-30-16-7-17-31-60,61-32-18-8-19-33-61)62-34-20-9-21-35-62)45-44-75(47-52-84-70(57-24-10-4-11-25-57,58-26-12-5-13-27-58)59-28-14-6-15-29-59)46-51-81-49-22-23-50-82-55-64-54-67(56-36-38-63(72)39-37-56)77(74-64)65-40-42-66(43-41-65)86(73,79)80/h4-21,24-43,54H,22-23,44-53,55H2,1-3H3,(H2,73,79,80). The number of nitrogens with two attached hydrogens (primary N) is 1. The molecular weight excluding hydrogens is 1130 g/mol. The second kappa shape index (κ2) is 30.3. The molecule has 11 nitrogen and oxygen atoms in total. The second-order valence-electron chi connectivity index (χ2n) is 21.9. The highest BCUT2D eigenvalue weighted by Crippen LogP contribution is 2.50. The molecule has 0 unspecified atom stereocenters. The van der Waals surface area contributed by atoms with Crippen LogP contribution in [0.2, 0.25) is 0 Å². The Hall–Kier alpha value is -7.34. The summed E-state index contributed by atoms with van der Waals surface area (Å²) in [5, 5.41) is 10.2. The van der Waals surface area contributed by atoms with E-state index in [9.17, 15) is 17.6 Å². The van der Waals surface area contributed by atoms with Crippen molar-refractivity contribution < 1.29 is 31.8 Å². The van der Waals surface area contributed by atoms with Gasteiger partial charge in [0.25, 0.3) is 0 Å². The van der Waals surface area contributed by atoms with Gasteiger partial charge in [-0.2, -0.15) is 5.10 Å². The Morgan fingerprint density at radius 2 is 0.965 bits per heavy atom. The Bertz CT molecular complexity index is 3410. The van der Waals surface area contributed by atoms with Crippen LogP contribution >= 0.6 is 23.5 Å². The van der Waals surface area contributed by atoms with E-state index < -0.39 is 25.1 Å². The maximum Gasteiger partial charge on any atom is 0.410 e. The van der Waals surface area contributed by atoms with Gasteiger partial charge in [-0.3, -0.25) is 4.90 Å². The Balaban J connectivity index is 0.887. The van der Waals surface area contributed by atoms with Crippen LogP contribution in [0.5, 0.6) is 0 Å². The minimum Gasteiger partial charge on any atom is -0.444 e. The number of halogens is 1. The number of carbonyl (C=O) groups is 1. The molecule has 1 heterocycles. The number of hydrogen-bond donors (Lipinski definition) is 1. The van der Waals surface area contributed by atoms with Crippen molar-refractivity contribution in [3.63, 3.8) is 0 Å². The third kappa shape index (κ3) is 16.6. The van der Waals surface area contributed by atoms with Crippen LogP contribution in [0.1, 0.15) is 72.7 Å². The minimum atomic E-state index is -3.88. The Labute approximate surface area is 515 Å². The molecule has 0 aliphatic heterocycles. The van der Waals surface area contributed by atoms with E-state index in [1.54, 1.807) is 28.9 Å². The zero-order chi connectivity index (χ0) is 60.2. The average Bonchev–Trinajstić information content (AvgIpc) is 2.75. The molecule has 0 aliphatic rings. The lowest BCUT2D eigenvalue weighted by Gasteiger charge is -2.37. The molecule has 0 aliphatic carbocycles. The van der Waals surface area contributed by atoms with Crippen LogP contribution in [0, 0.1) is 5.82 Å². The van der Waals surface area contributed by atoms with E-state index in [0.717, 1.165) is 47.4 Å². The molecule has 0 radical (unpaired) electrons. The lowest BCUT2D eigenvalue weighted by molar-refractivity contribution is 0.0237. The first-order valence-corrected chi connectivity index (χ1v) is 32.7. The predicted molar refractivity (Wildman–Crippen MR) is 348 cm³/mol. The van der Waals surface area contributed by atoms with Crippen molar-refractivity contribution in [1.29, 1.82) is 0 Å². The third-order valence-electron chi connectivity index (χ3n) is 14.8. The van der Waals surface area contributed by atoms with E-state index in [4.69, 9.17) is 24.4 Å². The highest BCUT2D eigenvalue weighted by atomic mass is 32.2. The number of unbranched alkanes of at least 4 members (excludes halogenated alkanes) is 1. The van der Waals surface area contributed by atoms with Gasteiger partial charge in [0.2, 0.25) is 10.0 Å². The van der Waals surface area contributed by atoms with E-state index >= 15 is 0 Å². The van der Waals surface area contributed by atoms with Crippen LogP contribution < -0.4 is 5.14 Å². The number of amides is 1. The van der Waals surface area contributed by atoms with E-state index in [1.807, 2.05) is 55.3 Å². The van der Waals surface area contributed by atoms with E-state index in [-0.39, 0.29) is 23.4 Å². The minimum absolute atomic E-state index is 0.0119. The molecule has 1 amide bonds. The number of benzene rings is 8. The Kier molecular flexibility index (Phi) is 22.3. The maximum atomic E-state index is 14.4. The van der Waals surface area contributed by atoms with Crippen LogP contribution in [0.15, 0.2) is 241 Å². The van der Waals surface area contributed by atoms with Crippen LogP contribution in [-0.2, 0) is 40.3 Å². The van der Waals surface area contributed by atoms with Gasteiger partial charge in [-0.25, -0.2) is 27.4 Å². The highest BCUT2D eigenvalue weighted by Gasteiger charge is 2.39. The van der Waals surface area contributed by atoms with E-state index in [1.165, 1.54) is 41.0 Å². The van der Waals surface area contributed by atoms with Crippen molar-refractivity contribution in [2.45, 2.75) is 60.2 Å². The summed E-state index contributed by atoms with van der Waals surface area (Å²) < 4.78 is 57.2. The molecule has 0 spiro atoms. The van der Waals surface area contributed by atoms with Gasteiger partial charge in [-0.15, -0.1) is 23.5 Å². The molecular formula is C71H76FN5O6S3. The molecule has 8 aromatic carbocycles. The Morgan fingerprint density at radius 1 is 0.535 bits per heavy atom. The number of hydrogen-bond acceptors (Lipinski definition) is 10. The number of ether oxygens (including phenoxy) is 3. The van der Waals surface area contributed by atoms with Crippen LogP contribution in [0.25, 0.3) is 16.9 Å². The van der Waals surface area contributed by atoms with E-state index in [2.05, 4.69) is 187 Å². The fourth-order valence-electron chi connectivity index (χ4n) is 10.6. The smallest absolute Gasteiger partial charge is 0.410 e. The summed E-state index contributed by atoms with van der Waals surface area (Å²) in [7, 11) is -3.88. The molecule has 0 fully saturated rings. The van der Waals surface area contributed by atoms with Gasteiger partial charge in [-0.1, -0.05) is 182 Å². The summed E-state index contributed by atoms with van der Waals surface area (Å²) in [6, 6.07) is 78.3. The van der Waals surface area contributed by atoms with Crippen LogP contribution in [0.4, 0.5) is 9.18 Å². The van der Waals surface area contributed by atoms with Gasteiger partial charge in [0.1, 0.15) is 11.4 Å². The summed E-state index contributed by atoms with van der Waals surface area (Å²) in [5.41, 5.74) is 9.10. The molecule has 86 heavy (non-hydrogen) atoms. The zero-order valence-electron chi connectivity index (χ0n) is 49.1. The molecule has 0 bridgehead atoms. The fourth-order valence-corrected chi connectivity index (χ4v) is 14.2. The van der Waals surface area contributed by atoms with Crippen molar-refractivity contribution in [3.05, 3.63) is 281 Å². The largest absolute Gasteiger partial charge is 0.444 e. The number of primary sulfonamides is 1. The molecule has 2 N–H and O–H groups in total. The van der Waals surface area contributed by atoms with Gasteiger partial charge < -0.3 is 19.1 Å². The Morgan fingerprint density at radius 3 is 1.40 bits per heavy atom. The lowest BCUT2D eigenvalue weighted by Crippen LogP contribution is -2.44. The summed E-state index contributed by atoms with van der Waals surface area (Å²) in [4.78, 5) is 18.7. The number of thioether (sulfide) groups is 2. The van der Waals surface area contributed by atoms with Crippen molar-refractivity contribution in [3.8, 4) is 16.9 Å². The van der Waals surface area contributed by atoms with Gasteiger partial charge >= 0.3 is 6.09 Å². The van der Waals surface area contributed by atoms with E-state index in [0.29, 0.717) is 68.8 Å². The van der Waals surface area contributed by atoms with Crippen molar-refractivity contribution in [2.24, 2.45) is 5.14 Å². The van der Waals surface area contributed by atoms with Gasteiger partial charge in [0.05, 0.1) is 44.7 Å². The quantitative estimate of drug-likeness (QED) is 0.0343. The SMILES string of the molecule is CC(C)(C)OC(=O)N(CCSC(c1ccccc1)(c1ccccc1)c1ccccc1)CCN(CCOCCCCOCc1cc(-c2ccc(F)cc2)n(-c2ccc(S(N)(=O)=O)cc2)n1)CCSC(c1ccccc1)(c1ccccc1)c1ccccc1. The van der Waals surface area contributed by atoms with Gasteiger partial charge in [-0.05, 0) is 122 Å². The second-order valence-corrected chi connectivity index (χ2v) is 26.1. The van der Waals surface area contributed by atoms with Gasteiger partial charge in [0.15, 0.2) is 0 Å². The number of sulfonamides is 1. The summed E-state index contributed by atoms with van der Waals surface area (Å²) in [5.74, 6) is 1.05. The summed E-state index contributed by atoms with van der Waals surface area (Å²) in [6.07, 6.45) is 1.19. The van der Waals surface area contributed by atoms with Crippen molar-refractivity contribution >= 4 is 39.6 Å². The molecule has 0 saturated heterocycles. The normalized spacial score (nSPS) is 12.1. The predicted octanol–water partition coefficient (Wildman–Crippen LogP) is 14.6. The molecule has 0 atom stereocenters. The number of nitrogens with zero attached hydrogens (tertiary/aromatic N) is 4. The molecule has 9 aromatic rings. The highest BCUT2D eigenvalue weighted by molar-refractivity contribution is 8.00. The van der Waals surface area contributed by atoms with Crippen LogP contribution in [-0.4, -0.2) is 104 Å². The first-order valence-electron chi connectivity index (χ1n) is 29.2. The van der Waals surface area contributed by atoms with Crippen molar-refractivity contribution in [2.75, 3.05) is 64.1 Å². The number of rotatable bonds is 30. The monoisotopic (exact) mass is 1210 g/mol. The zero-order valence-corrected chi connectivity index (χ0v) is 51.6. The van der Waals surface area contributed by atoms with Crippen molar-refractivity contribution in [1.82, 2.24) is 19.6 Å². The topological polar surface area (TPSA) is 129 Å². The fraction of sp³-hybridized carbons (Fsp3) is 0.268. The number of carbonyl (C=O) groups excluding carboxylic acids is 1. The molecule has 15 heteroatoms. The third-order valence-corrected chi connectivity index (χ3v) is 18.7. The molecule has 0 saturated carbocycles. The first-order chi connectivity index (χ1) is 41.7. The number of aromatic nitrogens is 2. The summed E-state index contributed by atoms with van der Waals surface area (Å²) in [6.45, 7) is 10.4.